The molecular weight excluding hydrogens is 271 g/mol. The van der Waals surface area contributed by atoms with Gasteiger partial charge in [0.2, 0.25) is 0 Å². The Morgan fingerprint density at radius 1 is 1.33 bits per heavy atom. The van der Waals surface area contributed by atoms with Gasteiger partial charge in [0.15, 0.2) is 0 Å². The number of anilines is 1. The van der Waals surface area contributed by atoms with Gasteiger partial charge in [0, 0.05) is 24.2 Å². The minimum absolute atomic E-state index is 0. The van der Waals surface area contributed by atoms with Gasteiger partial charge in [-0.15, -0.1) is 24.8 Å². The molecule has 0 spiro atoms. The molecule has 0 aliphatic carbocycles. The van der Waals surface area contributed by atoms with E-state index in [0.717, 1.165) is 12.3 Å². The fourth-order valence-corrected chi connectivity index (χ4v) is 2.91. The third-order valence-electron chi connectivity index (χ3n) is 3.81. The Morgan fingerprint density at radius 2 is 2.11 bits per heavy atom. The Balaban J connectivity index is 0.000000810. The van der Waals surface area contributed by atoms with Crippen LogP contribution in [-0.4, -0.2) is 38.2 Å². The van der Waals surface area contributed by atoms with Crippen LogP contribution in [0.25, 0.3) is 0 Å². The van der Waals surface area contributed by atoms with Crippen molar-refractivity contribution in [2.45, 2.75) is 18.4 Å². The summed E-state index contributed by atoms with van der Waals surface area (Å²) in [6.45, 7) is 2.34. The van der Waals surface area contributed by atoms with Crippen LogP contribution in [0, 0.1) is 0 Å². The van der Waals surface area contributed by atoms with E-state index in [1.54, 1.807) is 7.11 Å². The number of methoxy groups -OCH3 is 1. The number of rotatable bonds is 1. The average Bonchev–Trinajstić information content (AvgIpc) is 2.66. The van der Waals surface area contributed by atoms with Gasteiger partial charge in [-0.1, -0.05) is 0 Å². The van der Waals surface area contributed by atoms with Gasteiger partial charge in [-0.3, -0.25) is 0 Å². The van der Waals surface area contributed by atoms with Gasteiger partial charge >= 0.3 is 0 Å². The van der Waals surface area contributed by atoms with Crippen LogP contribution in [0.5, 0.6) is 5.75 Å². The van der Waals surface area contributed by atoms with Crippen molar-refractivity contribution in [1.29, 1.82) is 0 Å². The molecule has 2 heterocycles. The van der Waals surface area contributed by atoms with E-state index in [4.69, 9.17) is 4.74 Å². The third-order valence-corrected chi connectivity index (χ3v) is 3.81. The lowest BCUT2D eigenvalue weighted by atomic mass is 9.89. The lowest BCUT2D eigenvalue weighted by Gasteiger charge is -2.32. The van der Waals surface area contributed by atoms with Crippen molar-refractivity contribution in [2.75, 3.05) is 32.6 Å². The second-order valence-corrected chi connectivity index (χ2v) is 4.86. The van der Waals surface area contributed by atoms with Crippen LogP contribution in [0.3, 0.4) is 0 Å². The highest BCUT2D eigenvalue weighted by Gasteiger charge is 2.35. The van der Waals surface area contributed by atoms with Crippen LogP contribution in [0.4, 0.5) is 5.69 Å². The molecule has 0 amide bonds. The molecule has 0 saturated carbocycles. The highest BCUT2D eigenvalue weighted by Crippen LogP contribution is 2.41. The first-order chi connectivity index (χ1) is 7.78. The van der Waals surface area contributed by atoms with Crippen LogP contribution in [0.1, 0.15) is 17.9 Å². The molecule has 3 nitrogen and oxygen atoms in total. The van der Waals surface area contributed by atoms with Crippen LogP contribution >= 0.6 is 24.8 Å². The summed E-state index contributed by atoms with van der Waals surface area (Å²) in [5, 5.41) is 3.63. The van der Waals surface area contributed by atoms with E-state index in [0.29, 0.717) is 12.0 Å². The van der Waals surface area contributed by atoms with Crippen molar-refractivity contribution in [3.8, 4) is 5.75 Å². The zero-order valence-electron chi connectivity index (χ0n) is 10.7. The lowest BCUT2D eigenvalue weighted by molar-refractivity contribution is 0.243. The molecule has 0 radical (unpaired) electrons. The standard InChI is InChI=1S/C13H18N2O.2ClH/c1-15-6-5-13-11(8-15)10-7-9(16-2)3-4-12(10)14-13;;/h3-4,7,11,13-14H,5-6,8H2,1-2H3;2*1H/t11-,13+;;/m1../s1. The van der Waals surface area contributed by atoms with Gasteiger partial charge in [-0.2, -0.15) is 0 Å². The largest absolute Gasteiger partial charge is 0.497 e. The summed E-state index contributed by atoms with van der Waals surface area (Å²) in [5.41, 5.74) is 2.72. The molecule has 2 aliphatic rings. The van der Waals surface area contributed by atoms with Gasteiger partial charge in [0.05, 0.1) is 7.11 Å². The number of hydrogen-bond acceptors (Lipinski definition) is 3. The number of halogens is 2. The van der Waals surface area contributed by atoms with Crippen molar-refractivity contribution in [2.24, 2.45) is 0 Å². The van der Waals surface area contributed by atoms with Gasteiger partial charge < -0.3 is 15.0 Å². The van der Waals surface area contributed by atoms with E-state index in [2.05, 4.69) is 29.4 Å². The molecule has 1 saturated heterocycles. The molecule has 1 aromatic rings. The van der Waals surface area contributed by atoms with E-state index < -0.39 is 0 Å². The smallest absolute Gasteiger partial charge is 0.119 e. The number of fused-ring (bicyclic) bond motifs is 3. The second-order valence-electron chi connectivity index (χ2n) is 4.86. The minimum Gasteiger partial charge on any atom is -0.497 e. The van der Waals surface area contributed by atoms with Crippen molar-refractivity contribution in [1.82, 2.24) is 4.90 Å². The zero-order valence-corrected chi connectivity index (χ0v) is 12.3. The zero-order chi connectivity index (χ0) is 11.1. The predicted octanol–water partition coefficient (Wildman–Crippen LogP) is 2.75. The first-order valence-electron chi connectivity index (χ1n) is 5.91. The number of hydrogen-bond donors (Lipinski definition) is 1. The summed E-state index contributed by atoms with van der Waals surface area (Å²) in [6.07, 6.45) is 1.23. The van der Waals surface area contributed by atoms with Gasteiger partial charge in [0.25, 0.3) is 0 Å². The molecule has 0 aromatic heterocycles. The Labute approximate surface area is 121 Å². The molecule has 5 heteroatoms. The number of ether oxygens (including phenoxy) is 1. The summed E-state index contributed by atoms with van der Waals surface area (Å²) in [6, 6.07) is 6.99. The molecular formula is C13H20Cl2N2O. The summed E-state index contributed by atoms with van der Waals surface area (Å²) in [4.78, 5) is 2.41. The number of benzene rings is 1. The third kappa shape index (κ3) is 2.53. The number of likely N-dealkylation sites (N-methyl/N-ethyl adjacent to an activating group) is 1. The first kappa shape index (κ1) is 15.4. The Hall–Kier alpha value is -0.640. The van der Waals surface area contributed by atoms with E-state index in [9.17, 15) is 0 Å². The minimum atomic E-state index is 0. The second kappa shape index (κ2) is 6.00. The van der Waals surface area contributed by atoms with Crippen LogP contribution in [0.15, 0.2) is 18.2 Å². The van der Waals surface area contributed by atoms with Gasteiger partial charge in [-0.05, 0) is 43.8 Å². The lowest BCUT2D eigenvalue weighted by Crippen LogP contribution is -2.39. The van der Waals surface area contributed by atoms with E-state index in [1.807, 2.05) is 6.07 Å². The molecule has 2 aliphatic heterocycles. The van der Waals surface area contributed by atoms with Crippen molar-refractivity contribution >= 4 is 30.5 Å². The maximum Gasteiger partial charge on any atom is 0.119 e. The summed E-state index contributed by atoms with van der Waals surface area (Å²) in [7, 11) is 3.93. The van der Waals surface area contributed by atoms with E-state index >= 15 is 0 Å². The number of likely N-dealkylation sites (tertiary alicyclic amines) is 1. The SMILES string of the molecule is COc1ccc2c(c1)[C@H]1CN(C)CC[C@@H]1N2.Cl.Cl. The molecule has 1 fully saturated rings. The highest BCUT2D eigenvalue weighted by molar-refractivity contribution is 5.85. The Morgan fingerprint density at radius 3 is 2.83 bits per heavy atom. The Kier molecular flexibility index (Phi) is 5.14. The quantitative estimate of drug-likeness (QED) is 0.861. The van der Waals surface area contributed by atoms with Crippen molar-refractivity contribution in [3.63, 3.8) is 0 Å². The van der Waals surface area contributed by atoms with Crippen LogP contribution < -0.4 is 10.1 Å². The van der Waals surface area contributed by atoms with E-state index in [-0.39, 0.29) is 24.8 Å². The molecule has 0 bridgehead atoms. The summed E-state index contributed by atoms with van der Waals surface area (Å²) in [5.74, 6) is 1.60. The van der Waals surface area contributed by atoms with Crippen molar-refractivity contribution < 1.29 is 4.74 Å². The Bertz CT molecular complexity index is 414. The molecule has 1 N–H and O–H groups in total. The molecule has 0 unspecified atom stereocenters. The predicted molar refractivity (Wildman–Crippen MR) is 79.8 cm³/mol. The molecule has 102 valence electrons. The monoisotopic (exact) mass is 290 g/mol. The van der Waals surface area contributed by atoms with Gasteiger partial charge in [0.1, 0.15) is 5.75 Å². The molecule has 1 aromatic carbocycles. The van der Waals surface area contributed by atoms with Crippen LogP contribution in [0.2, 0.25) is 0 Å². The fraction of sp³-hybridized carbons (Fsp3) is 0.538. The summed E-state index contributed by atoms with van der Waals surface area (Å²) < 4.78 is 5.30. The van der Waals surface area contributed by atoms with E-state index in [1.165, 1.54) is 24.2 Å². The van der Waals surface area contributed by atoms with Crippen molar-refractivity contribution in [3.05, 3.63) is 23.8 Å². The fourth-order valence-electron chi connectivity index (χ4n) is 2.91. The number of nitrogens with zero attached hydrogens (tertiary/aromatic N) is 1. The maximum atomic E-state index is 5.30. The normalized spacial score (nSPS) is 25.0. The average molecular weight is 291 g/mol. The highest BCUT2D eigenvalue weighted by atomic mass is 35.5. The molecule has 2 atom stereocenters. The topological polar surface area (TPSA) is 24.5 Å². The molecule has 3 rings (SSSR count). The number of nitrogens with one attached hydrogen (secondary N) is 1. The summed E-state index contributed by atoms with van der Waals surface area (Å²) >= 11 is 0. The van der Waals surface area contributed by atoms with Crippen LogP contribution in [-0.2, 0) is 0 Å². The first-order valence-corrected chi connectivity index (χ1v) is 5.91. The molecule has 18 heavy (non-hydrogen) atoms. The number of piperidine rings is 1. The van der Waals surface area contributed by atoms with Gasteiger partial charge in [-0.25, -0.2) is 0 Å². The maximum absolute atomic E-state index is 5.30.